The Bertz CT molecular complexity index is 430. The molecule has 1 atom stereocenters. The third-order valence-corrected chi connectivity index (χ3v) is 4.29. The molecule has 4 heteroatoms. The highest BCUT2D eigenvalue weighted by atomic mass is 16.5. The second-order valence-electron chi connectivity index (χ2n) is 5.79. The molecule has 1 aromatic rings. The van der Waals surface area contributed by atoms with Gasteiger partial charge in [-0.1, -0.05) is 19.3 Å². The van der Waals surface area contributed by atoms with Gasteiger partial charge in [-0.15, -0.1) is 0 Å². The highest BCUT2D eigenvalue weighted by Crippen LogP contribution is 2.29. The zero-order chi connectivity index (χ0) is 15.1. The van der Waals surface area contributed by atoms with Crippen molar-refractivity contribution in [3.05, 3.63) is 23.8 Å². The number of rotatable bonds is 7. The molecule has 1 unspecified atom stereocenters. The van der Waals surface area contributed by atoms with Crippen LogP contribution in [0.1, 0.15) is 43.8 Å². The molecule has 0 aliphatic heterocycles. The van der Waals surface area contributed by atoms with Crippen molar-refractivity contribution >= 4 is 0 Å². The van der Waals surface area contributed by atoms with Gasteiger partial charge in [-0.25, -0.2) is 0 Å². The lowest BCUT2D eigenvalue weighted by Gasteiger charge is -2.23. The third kappa shape index (κ3) is 4.61. The number of ether oxygens (including phenoxy) is 2. The molecule has 2 N–H and O–H groups in total. The predicted molar refractivity (Wildman–Crippen MR) is 84.0 cm³/mol. The zero-order valence-electron chi connectivity index (χ0n) is 13.1. The molecular formula is C17H27NO3. The summed E-state index contributed by atoms with van der Waals surface area (Å²) in [5, 5.41) is 13.8. The van der Waals surface area contributed by atoms with Crippen LogP contribution >= 0.6 is 0 Å². The van der Waals surface area contributed by atoms with Gasteiger partial charge in [-0.2, -0.15) is 0 Å². The summed E-state index contributed by atoms with van der Waals surface area (Å²) in [5.74, 6) is 2.19. The van der Waals surface area contributed by atoms with Crippen LogP contribution in [0.4, 0.5) is 0 Å². The lowest BCUT2D eigenvalue weighted by atomic mass is 9.89. The van der Waals surface area contributed by atoms with Gasteiger partial charge in [0.15, 0.2) is 0 Å². The van der Waals surface area contributed by atoms with E-state index in [9.17, 15) is 5.11 Å². The van der Waals surface area contributed by atoms with Crippen LogP contribution in [0.2, 0.25) is 0 Å². The standard InChI is InChI=1S/C17H27NO3/c1-20-14-8-9-17(21-2)15(10-14)16(19)12-18-11-13-6-4-3-5-7-13/h8-10,13,16,18-19H,3-7,11-12H2,1-2H3. The first-order valence-corrected chi connectivity index (χ1v) is 7.85. The molecule has 4 nitrogen and oxygen atoms in total. The maximum atomic E-state index is 10.4. The smallest absolute Gasteiger partial charge is 0.124 e. The minimum Gasteiger partial charge on any atom is -0.497 e. The van der Waals surface area contributed by atoms with Gasteiger partial charge in [0.1, 0.15) is 11.5 Å². The molecule has 0 spiro atoms. The molecule has 1 aliphatic carbocycles. The lowest BCUT2D eigenvalue weighted by Crippen LogP contribution is -2.28. The minimum absolute atomic E-state index is 0.542. The quantitative estimate of drug-likeness (QED) is 0.811. The molecule has 1 fully saturated rings. The normalized spacial score (nSPS) is 17.5. The van der Waals surface area contributed by atoms with Crippen LogP contribution in [-0.4, -0.2) is 32.4 Å². The summed E-state index contributed by atoms with van der Waals surface area (Å²) >= 11 is 0. The van der Waals surface area contributed by atoms with Gasteiger partial charge in [-0.05, 0) is 43.5 Å². The van der Waals surface area contributed by atoms with Crippen LogP contribution < -0.4 is 14.8 Å². The van der Waals surface area contributed by atoms with E-state index in [1.165, 1.54) is 32.1 Å². The molecule has 1 saturated carbocycles. The number of nitrogens with one attached hydrogen (secondary N) is 1. The number of hydrogen-bond acceptors (Lipinski definition) is 4. The summed E-state index contributed by atoms with van der Waals surface area (Å²) in [6, 6.07) is 5.51. The predicted octanol–water partition coefficient (Wildman–Crippen LogP) is 2.91. The first-order chi connectivity index (χ1) is 10.2. The van der Waals surface area contributed by atoms with E-state index >= 15 is 0 Å². The molecule has 21 heavy (non-hydrogen) atoms. The second-order valence-corrected chi connectivity index (χ2v) is 5.79. The second kappa shape index (κ2) is 8.25. The highest BCUT2D eigenvalue weighted by molar-refractivity contribution is 5.41. The van der Waals surface area contributed by atoms with Gasteiger partial charge < -0.3 is 19.9 Å². The molecule has 0 aromatic heterocycles. The zero-order valence-corrected chi connectivity index (χ0v) is 13.1. The van der Waals surface area contributed by atoms with E-state index in [-0.39, 0.29) is 0 Å². The van der Waals surface area contributed by atoms with Crippen molar-refractivity contribution in [3.8, 4) is 11.5 Å². The van der Waals surface area contributed by atoms with E-state index < -0.39 is 6.10 Å². The first kappa shape index (κ1) is 16.1. The third-order valence-electron chi connectivity index (χ3n) is 4.29. The van der Waals surface area contributed by atoms with Gasteiger partial charge in [0.25, 0.3) is 0 Å². The van der Waals surface area contributed by atoms with Crippen molar-refractivity contribution < 1.29 is 14.6 Å². The molecule has 0 saturated heterocycles. The van der Waals surface area contributed by atoms with Crippen LogP contribution in [0.15, 0.2) is 18.2 Å². The molecule has 0 radical (unpaired) electrons. The van der Waals surface area contributed by atoms with Crippen molar-refractivity contribution in [3.63, 3.8) is 0 Å². The van der Waals surface area contributed by atoms with E-state index in [4.69, 9.17) is 9.47 Å². The monoisotopic (exact) mass is 293 g/mol. The molecule has 2 rings (SSSR count). The largest absolute Gasteiger partial charge is 0.497 e. The van der Waals surface area contributed by atoms with Gasteiger partial charge in [0.05, 0.1) is 20.3 Å². The number of hydrogen-bond donors (Lipinski definition) is 2. The summed E-state index contributed by atoms with van der Waals surface area (Å²) in [6.07, 6.45) is 6.10. The van der Waals surface area contributed by atoms with Crippen molar-refractivity contribution in [2.45, 2.75) is 38.2 Å². The van der Waals surface area contributed by atoms with Crippen molar-refractivity contribution in [2.24, 2.45) is 5.92 Å². The average molecular weight is 293 g/mol. The molecule has 0 heterocycles. The van der Waals surface area contributed by atoms with E-state index in [2.05, 4.69) is 5.32 Å². The van der Waals surface area contributed by atoms with Crippen LogP contribution in [0, 0.1) is 5.92 Å². The van der Waals surface area contributed by atoms with Crippen molar-refractivity contribution in [1.29, 1.82) is 0 Å². The summed E-state index contributed by atoms with van der Waals surface area (Å²) in [5.41, 5.74) is 0.771. The Morgan fingerprint density at radius 2 is 1.95 bits per heavy atom. The number of methoxy groups -OCH3 is 2. The first-order valence-electron chi connectivity index (χ1n) is 7.85. The Morgan fingerprint density at radius 3 is 2.62 bits per heavy atom. The fourth-order valence-corrected chi connectivity index (χ4v) is 3.03. The molecule has 1 aromatic carbocycles. The van der Waals surface area contributed by atoms with Gasteiger partial charge in [-0.3, -0.25) is 0 Å². The summed E-state index contributed by atoms with van der Waals surface area (Å²) < 4.78 is 10.5. The summed E-state index contributed by atoms with van der Waals surface area (Å²) in [6.45, 7) is 1.53. The maximum Gasteiger partial charge on any atom is 0.124 e. The van der Waals surface area contributed by atoms with E-state index in [1.807, 2.05) is 18.2 Å². The Hall–Kier alpha value is -1.26. The van der Waals surface area contributed by atoms with Crippen LogP contribution in [0.5, 0.6) is 11.5 Å². The Labute approximate surface area is 127 Å². The number of aliphatic hydroxyl groups is 1. The average Bonchev–Trinajstić information content (AvgIpc) is 2.55. The van der Waals surface area contributed by atoms with Gasteiger partial charge in [0.2, 0.25) is 0 Å². The van der Waals surface area contributed by atoms with Crippen molar-refractivity contribution in [1.82, 2.24) is 5.32 Å². The van der Waals surface area contributed by atoms with Crippen molar-refractivity contribution in [2.75, 3.05) is 27.3 Å². The molecule has 118 valence electrons. The van der Waals surface area contributed by atoms with Crippen LogP contribution in [0.3, 0.4) is 0 Å². The Balaban J connectivity index is 1.88. The highest BCUT2D eigenvalue weighted by Gasteiger charge is 2.16. The SMILES string of the molecule is COc1ccc(OC)c(C(O)CNCC2CCCCC2)c1. The lowest BCUT2D eigenvalue weighted by molar-refractivity contribution is 0.166. The maximum absolute atomic E-state index is 10.4. The van der Waals surface area contributed by atoms with Gasteiger partial charge in [0, 0.05) is 12.1 Å². The Kier molecular flexibility index (Phi) is 6.33. The van der Waals surface area contributed by atoms with E-state index in [0.29, 0.717) is 12.3 Å². The Morgan fingerprint density at radius 1 is 1.19 bits per heavy atom. The number of aliphatic hydroxyl groups excluding tert-OH is 1. The van der Waals surface area contributed by atoms with E-state index in [0.717, 1.165) is 23.8 Å². The topological polar surface area (TPSA) is 50.7 Å². The fraction of sp³-hybridized carbons (Fsp3) is 0.647. The number of benzene rings is 1. The fourth-order valence-electron chi connectivity index (χ4n) is 3.03. The molecule has 0 amide bonds. The van der Waals surface area contributed by atoms with Gasteiger partial charge >= 0.3 is 0 Å². The molecular weight excluding hydrogens is 266 g/mol. The molecule has 1 aliphatic rings. The molecule has 0 bridgehead atoms. The summed E-state index contributed by atoms with van der Waals surface area (Å²) in [4.78, 5) is 0. The van der Waals surface area contributed by atoms with Crippen LogP contribution in [0.25, 0.3) is 0 Å². The summed E-state index contributed by atoms with van der Waals surface area (Å²) in [7, 11) is 3.24. The van der Waals surface area contributed by atoms with Crippen LogP contribution in [-0.2, 0) is 0 Å². The minimum atomic E-state index is -0.585. The van der Waals surface area contributed by atoms with E-state index in [1.54, 1.807) is 14.2 Å².